The van der Waals surface area contributed by atoms with Gasteiger partial charge < -0.3 is 26.0 Å². The van der Waals surface area contributed by atoms with Gasteiger partial charge >= 0.3 is 12.1 Å². The molecule has 5 atom stereocenters. The van der Waals surface area contributed by atoms with Crippen molar-refractivity contribution in [3.8, 4) is 6.07 Å². The van der Waals surface area contributed by atoms with Crippen LogP contribution in [0.15, 0.2) is 0 Å². The Bertz CT molecular complexity index is 901. The lowest BCUT2D eigenvalue weighted by Gasteiger charge is -2.23. The zero-order valence-corrected chi connectivity index (χ0v) is 21.6. The van der Waals surface area contributed by atoms with Crippen molar-refractivity contribution in [3.63, 3.8) is 0 Å². The maximum absolute atomic E-state index is 11.8. The summed E-state index contributed by atoms with van der Waals surface area (Å²) in [5, 5.41) is 14.1. The number of piperidine rings is 1. The summed E-state index contributed by atoms with van der Waals surface area (Å²) >= 11 is 0. The zero-order valence-electron chi connectivity index (χ0n) is 21.6. The van der Waals surface area contributed by atoms with Gasteiger partial charge in [-0.2, -0.15) is 18.4 Å². The first-order chi connectivity index (χ1) is 17.1. The molecule has 10 nitrogen and oxygen atoms in total. The zero-order chi connectivity index (χ0) is 28.2. The van der Waals surface area contributed by atoms with E-state index in [1.54, 1.807) is 7.11 Å². The van der Waals surface area contributed by atoms with Crippen LogP contribution >= 0.6 is 0 Å². The number of hydrogen-bond acceptors (Lipinski definition) is 6. The fourth-order valence-corrected chi connectivity index (χ4v) is 4.97. The molecule has 0 aromatic rings. The summed E-state index contributed by atoms with van der Waals surface area (Å²) in [5.41, 5.74) is 4.34. The Morgan fingerprint density at radius 1 is 1.32 bits per heavy atom. The summed E-state index contributed by atoms with van der Waals surface area (Å²) in [6.07, 6.45) is -0.458. The molecule has 208 valence electrons. The predicted molar refractivity (Wildman–Crippen MR) is 125 cm³/mol. The smallest absolute Gasteiger partial charge is 0.381 e. The van der Waals surface area contributed by atoms with E-state index in [1.165, 1.54) is 0 Å². The summed E-state index contributed by atoms with van der Waals surface area (Å²) in [4.78, 5) is 44.7. The molecule has 2 heterocycles. The summed E-state index contributed by atoms with van der Waals surface area (Å²) in [5.74, 6) is -0.594. The number of carbonyl (C=O) groups excluding carboxylic acids is 4. The first-order valence-corrected chi connectivity index (χ1v) is 12.2. The fraction of sp³-hybridized carbons (Fsp3) is 0.792. The highest BCUT2D eigenvalue weighted by Crippen LogP contribution is 2.62. The third-order valence-corrected chi connectivity index (χ3v) is 7.81. The van der Waals surface area contributed by atoms with Crippen molar-refractivity contribution >= 4 is 24.1 Å². The lowest BCUT2D eigenvalue weighted by molar-refractivity contribution is -0.169. The highest BCUT2D eigenvalue weighted by atomic mass is 19.4. The average molecular weight is 532 g/mol. The van der Waals surface area contributed by atoms with Crippen LogP contribution in [-0.4, -0.2) is 73.1 Å². The van der Waals surface area contributed by atoms with Gasteiger partial charge in [-0.1, -0.05) is 13.8 Å². The first kappa shape index (κ1) is 30.3. The van der Waals surface area contributed by atoms with Gasteiger partial charge in [0.15, 0.2) is 0 Å². The molecule has 0 aromatic carbocycles. The molecule has 1 spiro atoms. The van der Waals surface area contributed by atoms with Crippen LogP contribution in [0.4, 0.5) is 13.2 Å². The van der Waals surface area contributed by atoms with Gasteiger partial charge in [-0.15, -0.1) is 0 Å². The van der Waals surface area contributed by atoms with Crippen LogP contribution in [0.2, 0.25) is 0 Å². The molecule has 2 aliphatic heterocycles. The number of nitriles is 1. The molecule has 4 aliphatic rings. The minimum atomic E-state index is -4.86. The van der Waals surface area contributed by atoms with Gasteiger partial charge in [-0.3, -0.25) is 19.2 Å². The number of hydrogen-bond donors (Lipinski definition) is 3. The van der Waals surface area contributed by atoms with Crippen LogP contribution in [-0.2, 0) is 23.9 Å². The Labute approximate surface area is 214 Å². The molecule has 4 unspecified atom stereocenters. The van der Waals surface area contributed by atoms with E-state index in [0.717, 1.165) is 44.2 Å². The van der Waals surface area contributed by atoms with Gasteiger partial charge in [0.1, 0.15) is 6.04 Å². The van der Waals surface area contributed by atoms with Crippen LogP contribution in [0.3, 0.4) is 0 Å². The van der Waals surface area contributed by atoms with Gasteiger partial charge in [0.25, 0.3) is 0 Å². The number of nitrogens with two attached hydrogens (primary N) is 1. The normalized spacial score (nSPS) is 27.1. The third kappa shape index (κ3) is 8.05. The van der Waals surface area contributed by atoms with E-state index in [1.807, 2.05) is 17.9 Å². The average Bonchev–Trinajstić information content (AvgIpc) is 3.49. The highest BCUT2D eigenvalue weighted by molar-refractivity contribution is 5.83. The lowest BCUT2D eigenvalue weighted by atomic mass is 9.96. The molecule has 0 aromatic heterocycles. The minimum Gasteiger partial charge on any atom is -0.381 e. The predicted octanol–water partition coefficient (Wildman–Crippen LogP) is 1.24. The first-order valence-electron chi connectivity index (χ1n) is 12.2. The van der Waals surface area contributed by atoms with Crippen LogP contribution in [0, 0.1) is 34.5 Å². The SMILES string of the molecule is CO[C@H](C)CC(=O)N1CC2C(C1)C2(C)C.N#CC(CC1CC2(CC2)NC1=O)NC=O.NC(=O)C(F)(F)F. The number of primary amides is 1. The second-order valence-corrected chi connectivity index (χ2v) is 10.8. The molecule has 2 aliphatic carbocycles. The van der Waals surface area contributed by atoms with Crippen LogP contribution < -0.4 is 16.4 Å². The second-order valence-electron chi connectivity index (χ2n) is 10.8. The quantitative estimate of drug-likeness (QED) is 0.420. The summed E-state index contributed by atoms with van der Waals surface area (Å²) < 4.78 is 37.2. The molecule has 2 saturated carbocycles. The molecule has 2 saturated heterocycles. The van der Waals surface area contributed by atoms with Crippen molar-refractivity contribution in [2.24, 2.45) is 28.9 Å². The Hall–Kier alpha value is -2.88. The van der Waals surface area contributed by atoms with E-state index in [0.29, 0.717) is 24.7 Å². The molecule has 4 rings (SSSR count). The van der Waals surface area contributed by atoms with Gasteiger partial charge in [0, 0.05) is 31.7 Å². The second kappa shape index (κ2) is 11.7. The molecule has 13 heteroatoms. The number of fused-ring (bicyclic) bond motifs is 1. The van der Waals surface area contributed by atoms with Gasteiger partial charge in [-0.25, -0.2) is 0 Å². The number of carbonyl (C=O) groups is 4. The maximum Gasteiger partial charge on any atom is 0.470 e. The summed E-state index contributed by atoms with van der Waals surface area (Å²) in [6, 6.07) is 1.43. The molecule has 4 fully saturated rings. The number of likely N-dealkylation sites (tertiary alicyclic amines) is 1. The number of rotatable bonds is 7. The molecule has 0 radical (unpaired) electrons. The minimum absolute atomic E-state index is 0.0282. The monoisotopic (exact) mass is 531 g/mol. The molecular formula is C24H36F3N5O5. The van der Waals surface area contributed by atoms with Crippen molar-refractivity contribution < 1.29 is 37.1 Å². The number of amides is 4. The number of methoxy groups -OCH3 is 1. The molecule has 4 amide bonds. The topological polar surface area (TPSA) is 155 Å². The highest BCUT2D eigenvalue weighted by Gasteiger charge is 2.62. The Morgan fingerprint density at radius 3 is 2.24 bits per heavy atom. The third-order valence-electron chi connectivity index (χ3n) is 7.81. The van der Waals surface area contributed by atoms with Gasteiger partial charge in [0.05, 0.1) is 18.6 Å². The molecule has 37 heavy (non-hydrogen) atoms. The molecule has 0 bridgehead atoms. The number of nitrogens with zero attached hydrogens (tertiary/aromatic N) is 2. The Morgan fingerprint density at radius 2 is 1.86 bits per heavy atom. The van der Waals surface area contributed by atoms with E-state index >= 15 is 0 Å². The number of nitrogens with one attached hydrogen (secondary N) is 2. The number of ether oxygens (including phenoxy) is 1. The van der Waals surface area contributed by atoms with Gasteiger partial charge in [0.2, 0.25) is 18.2 Å². The fourth-order valence-electron chi connectivity index (χ4n) is 4.97. The molecule has 4 N–H and O–H groups in total. The van der Waals surface area contributed by atoms with Crippen molar-refractivity contribution in [1.29, 1.82) is 5.26 Å². The number of halogens is 3. The standard InChI is InChI=1S/C12H21NO2.C10H13N3O2.C2H2F3NO/c1-8(15-4)5-11(14)13-6-9-10(7-13)12(9,2)3;11-5-8(12-6-14)3-7-4-10(1-2-10)13-9(7)15;3-2(4,5)1(6)7/h8-10H,5-7H2,1-4H3;6-8H,1-4H2,(H,12,14)(H,13,15);(H2,6,7)/t8-,9?,10?;;/m1../s1. The lowest BCUT2D eigenvalue weighted by Crippen LogP contribution is -2.34. The van der Waals surface area contributed by atoms with E-state index in [9.17, 15) is 27.6 Å². The van der Waals surface area contributed by atoms with Crippen LogP contribution in [0.1, 0.15) is 52.9 Å². The van der Waals surface area contributed by atoms with E-state index < -0.39 is 18.1 Å². The van der Waals surface area contributed by atoms with Gasteiger partial charge in [-0.05, 0) is 49.9 Å². The maximum atomic E-state index is 11.8. The van der Waals surface area contributed by atoms with Crippen LogP contribution in [0.25, 0.3) is 0 Å². The van der Waals surface area contributed by atoms with Crippen LogP contribution in [0.5, 0.6) is 0 Å². The van der Waals surface area contributed by atoms with Crippen molar-refractivity contribution in [1.82, 2.24) is 15.5 Å². The van der Waals surface area contributed by atoms with E-state index in [4.69, 9.17) is 14.8 Å². The van der Waals surface area contributed by atoms with E-state index in [2.05, 4.69) is 30.2 Å². The van der Waals surface area contributed by atoms with Crippen molar-refractivity contribution in [2.45, 2.75) is 76.7 Å². The Balaban J connectivity index is 0.000000210. The largest absolute Gasteiger partial charge is 0.470 e. The Kier molecular flexibility index (Phi) is 9.57. The molecular weight excluding hydrogens is 495 g/mol. The number of alkyl halides is 3. The van der Waals surface area contributed by atoms with Crippen molar-refractivity contribution in [3.05, 3.63) is 0 Å². The van der Waals surface area contributed by atoms with Crippen molar-refractivity contribution in [2.75, 3.05) is 20.2 Å². The summed E-state index contributed by atoms with van der Waals surface area (Å²) in [6.45, 7) is 8.49. The summed E-state index contributed by atoms with van der Waals surface area (Å²) in [7, 11) is 1.66. The van der Waals surface area contributed by atoms with E-state index in [-0.39, 0.29) is 29.4 Å².